The van der Waals surface area contributed by atoms with Gasteiger partial charge in [0.2, 0.25) is 0 Å². The lowest BCUT2D eigenvalue weighted by Gasteiger charge is -2.21. The van der Waals surface area contributed by atoms with Gasteiger partial charge in [-0.1, -0.05) is 11.6 Å². The number of sulfonamides is 1. The molecule has 0 heterocycles. The molecule has 0 aliphatic heterocycles. The van der Waals surface area contributed by atoms with Crippen molar-refractivity contribution in [1.82, 2.24) is 4.83 Å². The SMILES string of the molecule is CCN(CC)c1ccc(/C=N/NS(=O)(=O)c2ccc(Cl)cc2)c(O)c1. The third-order valence-electron chi connectivity index (χ3n) is 3.64. The molecule has 2 N–H and O–H groups in total. The van der Waals surface area contributed by atoms with E-state index in [-0.39, 0.29) is 10.6 Å². The molecule has 0 atom stereocenters. The Balaban J connectivity index is 2.12. The van der Waals surface area contributed by atoms with Crippen molar-refractivity contribution in [1.29, 1.82) is 0 Å². The Morgan fingerprint density at radius 3 is 2.36 bits per heavy atom. The molecule has 8 heteroatoms. The maximum absolute atomic E-state index is 12.1. The zero-order chi connectivity index (χ0) is 18.4. The average molecular weight is 382 g/mol. The molecule has 2 aromatic carbocycles. The smallest absolute Gasteiger partial charge is 0.276 e. The van der Waals surface area contributed by atoms with E-state index >= 15 is 0 Å². The van der Waals surface area contributed by atoms with Gasteiger partial charge in [-0.05, 0) is 50.2 Å². The Morgan fingerprint density at radius 1 is 1.16 bits per heavy atom. The fourth-order valence-electron chi connectivity index (χ4n) is 2.26. The molecular formula is C17H20ClN3O3S. The number of hydrogen-bond acceptors (Lipinski definition) is 5. The van der Waals surface area contributed by atoms with Crippen molar-refractivity contribution in [3.8, 4) is 5.75 Å². The van der Waals surface area contributed by atoms with Crippen molar-refractivity contribution in [2.45, 2.75) is 18.7 Å². The molecule has 25 heavy (non-hydrogen) atoms. The summed E-state index contributed by atoms with van der Waals surface area (Å²) in [6, 6.07) is 10.9. The normalized spacial score (nSPS) is 11.6. The minimum Gasteiger partial charge on any atom is -0.507 e. The number of halogens is 1. The minimum absolute atomic E-state index is 0.0267. The Labute approximate surface area is 152 Å². The first-order chi connectivity index (χ1) is 11.9. The molecule has 0 radical (unpaired) electrons. The maximum Gasteiger partial charge on any atom is 0.276 e. The van der Waals surface area contributed by atoms with Gasteiger partial charge in [0.1, 0.15) is 5.75 Å². The highest BCUT2D eigenvalue weighted by molar-refractivity contribution is 7.89. The van der Waals surface area contributed by atoms with Crippen molar-refractivity contribution < 1.29 is 13.5 Å². The standard InChI is InChI=1S/C17H20ClN3O3S/c1-3-21(4-2)15-8-5-13(17(22)11-15)12-19-20-25(23,24)16-9-6-14(18)7-10-16/h5-12,20,22H,3-4H2,1-2H3/b19-12+. The lowest BCUT2D eigenvalue weighted by atomic mass is 10.2. The van der Waals surface area contributed by atoms with Crippen LogP contribution in [0.25, 0.3) is 0 Å². The Morgan fingerprint density at radius 2 is 1.80 bits per heavy atom. The highest BCUT2D eigenvalue weighted by Gasteiger charge is 2.12. The molecule has 6 nitrogen and oxygen atoms in total. The first kappa shape index (κ1) is 19.1. The van der Waals surface area contributed by atoms with Crippen molar-refractivity contribution in [3.05, 3.63) is 53.1 Å². The van der Waals surface area contributed by atoms with Crippen LogP contribution in [0.4, 0.5) is 5.69 Å². The summed E-state index contributed by atoms with van der Waals surface area (Å²) in [6.07, 6.45) is 1.26. The molecule has 134 valence electrons. The van der Waals surface area contributed by atoms with Crippen LogP contribution in [0, 0.1) is 0 Å². The van der Waals surface area contributed by atoms with Gasteiger partial charge in [-0.25, -0.2) is 4.83 Å². The number of nitrogens with one attached hydrogen (secondary N) is 1. The van der Waals surface area contributed by atoms with Crippen LogP contribution in [0.15, 0.2) is 52.5 Å². The van der Waals surface area contributed by atoms with E-state index in [1.54, 1.807) is 12.1 Å². The summed E-state index contributed by atoms with van der Waals surface area (Å²) in [5.74, 6) is 0.0267. The molecule has 0 saturated heterocycles. The van der Waals surface area contributed by atoms with E-state index in [9.17, 15) is 13.5 Å². The third kappa shape index (κ3) is 4.87. The number of hydrogen-bond donors (Lipinski definition) is 2. The summed E-state index contributed by atoms with van der Waals surface area (Å²) in [6.45, 7) is 5.71. The predicted octanol–water partition coefficient (Wildman–Crippen LogP) is 3.20. The van der Waals surface area contributed by atoms with Gasteiger partial charge >= 0.3 is 0 Å². The molecule has 0 aromatic heterocycles. The first-order valence-corrected chi connectivity index (χ1v) is 9.62. The monoisotopic (exact) mass is 381 g/mol. The summed E-state index contributed by atoms with van der Waals surface area (Å²) < 4.78 is 24.2. The van der Waals surface area contributed by atoms with Gasteiger partial charge in [0.05, 0.1) is 11.1 Å². The number of phenolic OH excluding ortho intramolecular Hbond substituents is 1. The fourth-order valence-corrected chi connectivity index (χ4v) is 3.18. The molecule has 2 aromatic rings. The zero-order valence-electron chi connectivity index (χ0n) is 14.0. The van der Waals surface area contributed by atoms with Crippen LogP contribution >= 0.6 is 11.6 Å². The number of aromatic hydroxyl groups is 1. The molecular weight excluding hydrogens is 362 g/mol. The summed E-state index contributed by atoms with van der Waals surface area (Å²) in [5.41, 5.74) is 1.30. The van der Waals surface area contributed by atoms with Gasteiger partial charge in [-0.3, -0.25) is 0 Å². The number of phenols is 1. The van der Waals surface area contributed by atoms with E-state index in [2.05, 4.69) is 14.8 Å². The number of benzene rings is 2. The van der Waals surface area contributed by atoms with Gasteiger partial charge < -0.3 is 10.0 Å². The van der Waals surface area contributed by atoms with E-state index in [1.807, 2.05) is 19.9 Å². The molecule has 0 fully saturated rings. The molecule has 0 bridgehead atoms. The quantitative estimate of drug-likeness (QED) is 0.570. The van der Waals surface area contributed by atoms with Crippen LogP contribution in [0.2, 0.25) is 5.02 Å². The molecule has 0 aliphatic rings. The van der Waals surface area contributed by atoms with Crippen LogP contribution in [0.1, 0.15) is 19.4 Å². The summed E-state index contributed by atoms with van der Waals surface area (Å²) >= 11 is 5.74. The van der Waals surface area contributed by atoms with Crippen molar-refractivity contribution in [2.75, 3.05) is 18.0 Å². The van der Waals surface area contributed by atoms with E-state index in [0.717, 1.165) is 18.8 Å². The van der Waals surface area contributed by atoms with Crippen LogP contribution in [-0.4, -0.2) is 32.8 Å². The van der Waals surface area contributed by atoms with Crippen LogP contribution in [0.5, 0.6) is 5.75 Å². The second kappa shape index (κ2) is 8.22. The first-order valence-electron chi connectivity index (χ1n) is 7.75. The lowest BCUT2D eigenvalue weighted by Crippen LogP contribution is -2.21. The molecule has 0 saturated carbocycles. The van der Waals surface area contributed by atoms with Crippen molar-refractivity contribution in [2.24, 2.45) is 5.10 Å². The molecule has 0 spiro atoms. The van der Waals surface area contributed by atoms with Gasteiger partial charge in [0.15, 0.2) is 0 Å². The highest BCUT2D eigenvalue weighted by atomic mass is 35.5. The summed E-state index contributed by atoms with van der Waals surface area (Å²) in [7, 11) is -3.79. The van der Waals surface area contributed by atoms with Gasteiger partial charge in [0.25, 0.3) is 10.0 Å². The maximum atomic E-state index is 12.1. The Kier molecular flexibility index (Phi) is 6.27. The van der Waals surface area contributed by atoms with Crippen molar-refractivity contribution in [3.63, 3.8) is 0 Å². The van der Waals surface area contributed by atoms with Gasteiger partial charge in [-0.15, -0.1) is 0 Å². The topological polar surface area (TPSA) is 82.0 Å². The lowest BCUT2D eigenvalue weighted by molar-refractivity contribution is 0.474. The highest BCUT2D eigenvalue weighted by Crippen LogP contribution is 2.23. The van der Waals surface area contributed by atoms with Gasteiger partial charge in [0, 0.05) is 35.4 Å². The number of nitrogens with zero attached hydrogens (tertiary/aromatic N) is 2. The Hall–Kier alpha value is -2.25. The molecule has 0 amide bonds. The second-order valence-corrected chi connectivity index (χ2v) is 7.32. The number of anilines is 1. The largest absolute Gasteiger partial charge is 0.507 e. The number of rotatable bonds is 7. The predicted molar refractivity (Wildman–Crippen MR) is 101 cm³/mol. The van der Waals surface area contributed by atoms with Crippen LogP contribution < -0.4 is 9.73 Å². The van der Waals surface area contributed by atoms with E-state index in [0.29, 0.717) is 10.6 Å². The van der Waals surface area contributed by atoms with Gasteiger partial charge in [-0.2, -0.15) is 13.5 Å². The van der Waals surface area contributed by atoms with Crippen LogP contribution in [0.3, 0.4) is 0 Å². The number of hydrazone groups is 1. The van der Waals surface area contributed by atoms with E-state index in [1.165, 1.54) is 30.5 Å². The zero-order valence-corrected chi connectivity index (χ0v) is 15.5. The summed E-state index contributed by atoms with van der Waals surface area (Å²) in [5, 5.41) is 14.3. The van der Waals surface area contributed by atoms with Crippen molar-refractivity contribution >= 4 is 33.5 Å². The Bertz CT molecular complexity index is 848. The molecule has 2 rings (SSSR count). The fraction of sp³-hybridized carbons (Fsp3) is 0.235. The van der Waals surface area contributed by atoms with Crippen LogP contribution in [-0.2, 0) is 10.0 Å². The van der Waals surface area contributed by atoms with E-state index < -0.39 is 10.0 Å². The molecule has 0 unspecified atom stereocenters. The molecule has 0 aliphatic carbocycles. The average Bonchev–Trinajstić information content (AvgIpc) is 2.58. The second-order valence-electron chi connectivity index (χ2n) is 5.22. The minimum atomic E-state index is -3.79. The van der Waals surface area contributed by atoms with E-state index in [4.69, 9.17) is 11.6 Å². The summed E-state index contributed by atoms with van der Waals surface area (Å²) in [4.78, 5) is 4.25. The third-order valence-corrected chi connectivity index (χ3v) is 5.13.